The number of rotatable bonds is 6. The van der Waals surface area contributed by atoms with Crippen LogP contribution in [0.2, 0.25) is 0 Å². The van der Waals surface area contributed by atoms with Crippen LogP contribution in [0.1, 0.15) is 37.5 Å². The Labute approximate surface area is 142 Å². The van der Waals surface area contributed by atoms with Gasteiger partial charge in [-0.25, -0.2) is 0 Å². The molecule has 1 saturated heterocycles. The molecule has 3 rings (SSSR count). The van der Waals surface area contributed by atoms with Crippen LogP contribution in [0.4, 0.5) is 5.82 Å². The van der Waals surface area contributed by atoms with E-state index in [1.54, 1.807) is 6.07 Å². The zero-order chi connectivity index (χ0) is 17.1. The Balaban J connectivity index is 1.67. The van der Waals surface area contributed by atoms with E-state index in [1.807, 2.05) is 31.6 Å². The van der Waals surface area contributed by atoms with Crippen molar-refractivity contribution in [1.82, 2.24) is 19.8 Å². The van der Waals surface area contributed by atoms with Gasteiger partial charge >= 0.3 is 0 Å². The van der Waals surface area contributed by atoms with Crippen molar-refractivity contribution in [3.05, 3.63) is 29.8 Å². The summed E-state index contributed by atoms with van der Waals surface area (Å²) in [6.45, 7) is 7.65. The Morgan fingerprint density at radius 1 is 1.50 bits per heavy atom. The largest absolute Gasteiger partial charge is 0.360 e. The number of likely N-dealkylation sites (tertiary alicyclic amines) is 1. The van der Waals surface area contributed by atoms with E-state index >= 15 is 0 Å². The van der Waals surface area contributed by atoms with Crippen molar-refractivity contribution < 1.29 is 9.32 Å². The molecule has 0 aliphatic carbocycles. The first-order valence-electron chi connectivity index (χ1n) is 8.55. The van der Waals surface area contributed by atoms with E-state index in [-0.39, 0.29) is 11.9 Å². The van der Waals surface area contributed by atoms with Crippen LogP contribution in [0, 0.1) is 13.8 Å². The number of nitrogens with one attached hydrogen (secondary N) is 1. The van der Waals surface area contributed by atoms with E-state index in [0.717, 1.165) is 37.9 Å². The van der Waals surface area contributed by atoms with Crippen LogP contribution in [0.25, 0.3) is 0 Å². The number of aryl methyl sites for hydroxylation is 2. The van der Waals surface area contributed by atoms with Gasteiger partial charge in [-0.1, -0.05) is 12.1 Å². The molecule has 2 aromatic rings. The van der Waals surface area contributed by atoms with E-state index < -0.39 is 0 Å². The van der Waals surface area contributed by atoms with Crippen molar-refractivity contribution in [3.8, 4) is 0 Å². The number of aromatic nitrogens is 3. The van der Waals surface area contributed by atoms with Gasteiger partial charge < -0.3 is 9.84 Å². The molecule has 0 bridgehead atoms. The van der Waals surface area contributed by atoms with Gasteiger partial charge in [0.2, 0.25) is 5.91 Å². The lowest BCUT2D eigenvalue weighted by molar-refractivity contribution is -0.122. The third-order valence-corrected chi connectivity index (χ3v) is 4.55. The summed E-state index contributed by atoms with van der Waals surface area (Å²) in [7, 11) is 0. The number of hydrogen-bond acceptors (Lipinski definition) is 5. The molecule has 1 aliphatic heterocycles. The average molecular weight is 331 g/mol. The molecule has 7 heteroatoms. The third kappa shape index (κ3) is 3.67. The molecule has 1 N–H and O–H groups in total. The van der Waals surface area contributed by atoms with Gasteiger partial charge in [0.25, 0.3) is 0 Å². The molecule has 1 aliphatic rings. The van der Waals surface area contributed by atoms with Crippen LogP contribution in [0.15, 0.2) is 23.0 Å². The van der Waals surface area contributed by atoms with E-state index in [2.05, 4.69) is 26.7 Å². The van der Waals surface area contributed by atoms with E-state index in [1.165, 1.54) is 0 Å². The fraction of sp³-hybridized carbons (Fsp3) is 0.588. The third-order valence-electron chi connectivity index (χ3n) is 4.55. The molecule has 7 nitrogen and oxygen atoms in total. The van der Waals surface area contributed by atoms with Gasteiger partial charge in [0, 0.05) is 18.3 Å². The summed E-state index contributed by atoms with van der Waals surface area (Å²) in [4.78, 5) is 15.0. The molecule has 2 aromatic heterocycles. The van der Waals surface area contributed by atoms with Crippen LogP contribution in [-0.2, 0) is 11.3 Å². The van der Waals surface area contributed by atoms with E-state index in [4.69, 9.17) is 4.52 Å². The van der Waals surface area contributed by atoms with Gasteiger partial charge in [-0.05, 0) is 45.2 Å². The second kappa shape index (κ2) is 7.17. The first-order valence-corrected chi connectivity index (χ1v) is 8.55. The maximum atomic E-state index is 12.7. The van der Waals surface area contributed by atoms with Gasteiger partial charge in [0.15, 0.2) is 5.82 Å². The van der Waals surface area contributed by atoms with Crippen molar-refractivity contribution >= 4 is 11.7 Å². The maximum absolute atomic E-state index is 12.7. The van der Waals surface area contributed by atoms with Crippen LogP contribution >= 0.6 is 0 Å². The molecule has 3 heterocycles. The molecule has 1 fully saturated rings. The molecule has 0 radical (unpaired) electrons. The fourth-order valence-corrected chi connectivity index (χ4v) is 3.45. The zero-order valence-electron chi connectivity index (χ0n) is 14.5. The summed E-state index contributed by atoms with van der Waals surface area (Å²) >= 11 is 0. The fourth-order valence-electron chi connectivity index (χ4n) is 3.45. The topological polar surface area (TPSA) is 76.2 Å². The minimum atomic E-state index is -0.161. The second-order valence-corrected chi connectivity index (χ2v) is 6.51. The van der Waals surface area contributed by atoms with Crippen LogP contribution < -0.4 is 5.32 Å². The smallest absolute Gasteiger partial charge is 0.242 e. The average Bonchev–Trinajstić information content (AvgIpc) is 3.25. The predicted molar refractivity (Wildman–Crippen MR) is 90.6 cm³/mol. The Morgan fingerprint density at radius 3 is 2.96 bits per heavy atom. The number of amides is 1. The summed E-state index contributed by atoms with van der Waals surface area (Å²) in [5.41, 5.74) is 1.16. The molecule has 1 amide bonds. The number of anilines is 1. The highest BCUT2D eigenvalue weighted by atomic mass is 16.5. The van der Waals surface area contributed by atoms with Crippen molar-refractivity contribution in [2.45, 2.75) is 58.7 Å². The Kier molecular flexibility index (Phi) is 4.99. The van der Waals surface area contributed by atoms with E-state index in [9.17, 15) is 4.79 Å². The lowest BCUT2D eigenvalue weighted by Gasteiger charge is -2.31. The highest BCUT2D eigenvalue weighted by Gasteiger charge is 2.34. The minimum absolute atomic E-state index is 0.0191. The zero-order valence-corrected chi connectivity index (χ0v) is 14.5. The van der Waals surface area contributed by atoms with Gasteiger partial charge in [0.1, 0.15) is 5.76 Å². The normalized spacial score (nSPS) is 19.5. The van der Waals surface area contributed by atoms with Crippen molar-refractivity contribution in [1.29, 1.82) is 0 Å². The Hall–Kier alpha value is -2.15. The van der Waals surface area contributed by atoms with Crippen LogP contribution in [0.5, 0.6) is 0 Å². The standard InChI is InChI=1S/C17H25N5O2/c1-4-15(17(23)19-16-8-13(3)24-20-16)22-7-5-6-14(22)11-21-10-12(2)9-18-21/h8-10,14-15H,4-7,11H2,1-3H3,(H,19,20,23)/t14-,15+/m0/s1. The van der Waals surface area contributed by atoms with Gasteiger partial charge in [-0.15, -0.1) is 0 Å². The van der Waals surface area contributed by atoms with Crippen molar-refractivity contribution in [2.24, 2.45) is 0 Å². The summed E-state index contributed by atoms with van der Waals surface area (Å²) in [6.07, 6.45) is 6.88. The molecule has 0 unspecified atom stereocenters. The number of carbonyl (C=O) groups is 1. The Morgan fingerprint density at radius 2 is 2.33 bits per heavy atom. The molecular weight excluding hydrogens is 306 g/mol. The molecule has 0 saturated carbocycles. The van der Waals surface area contributed by atoms with Crippen molar-refractivity contribution in [3.63, 3.8) is 0 Å². The summed E-state index contributed by atoms with van der Waals surface area (Å²) < 4.78 is 6.99. The molecule has 2 atom stereocenters. The molecule has 0 aromatic carbocycles. The highest BCUT2D eigenvalue weighted by Crippen LogP contribution is 2.24. The molecular formula is C17H25N5O2. The molecule has 0 spiro atoms. The van der Waals surface area contributed by atoms with Gasteiger partial charge in [-0.3, -0.25) is 14.4 Å². The summed E-state index contributed by atoms with van der Waals surface area (Å²) in [5.74, 6) is 1.15. The summed E-state index contributed by atoms with van der Waals surface area (Å²) in [6, 6.07) is 1.91. The minimum Gasteiger partial charge on any atom is -0.360 e. The van der Waals surface area contributed by atoms with Crippen molar-refractivity contribution in [2.75, 3.05) is 11.9 Å². The second-order valence-electron chi connectivity index (χ2n) is 6.51. The van der Waals surface area contributed by atoms with Crippen LogP contribution in [-0.4, -0.2) is 44.4 Å². The first kappa shape index (κ1) is 16.7. The number of hydrogen-bond donors (Lipinski definition) is 1. The molecule has 130 valence electrons. The number of nitrogens with zero attached hydrogens (tertiary/aromatic N) is 4. The lowest BCUT2D eigenvalue weighted by Crippen LogP contribution is -2.47. The van der Waals surface area contributed by atoms with Crippen LogP contribution in [0.3, 0.4) is 0 Å². The monoisotopic (exact) mass is 331 g/mol. The highest BCUT2D eigenvalue weighted by molar-refractivity contribution is 5.94. The van der Waals surface area contributed by atoms with Gasteiger partial charge in [-0.2, -0.15) is 5.10 Å². The predicted octanol–water partition coefficient (Wildman–Crippen LogP) is 2.37. The molecule has 24 heavy (non-hydrogen) atoms. The number of carbonyl (C=O) groups excluding carboxylic acids is 1. The van der Waals surface area contributed by atoms with E-state index in [0.29, 0.717) is 17.6 Å². The Bertz CT molecular complexity index is 693. The maximum Gasteiger partial charge on any atom is 0.242 e. The SMILES string of the molecule is CC[C@H](C(=O)Nc1cc(C)on1)N1CCC[C@H]1Cn1cc(C)cn1. The summed E-state index contributed by atoms with van der Waals surface area (Å²) in [5, 5.41) is 11.1. The quantitative estimate of drug-likeness (QED) is 0.879. The lowest BCUT2D eigenvalue weighted by atomic mass is 10.1. The first-order chi connectivity index (χ1) is 11.6. The van der Waals surface area contributed by atoms with Gasteiger partial charge in [0.05, 0.1) is 18.8 Å².